The molecule has 3 heteroatoms. The summed E-state index contributed by atoms with van der Waals surface area (Å²) in [5.74, 6) is 1.11. The largest absolute Gasteiger partial charge is 0.497 e. The molecule has 0 N–H and O–H groups in total. The van der Waals surface area contributed by atoms with E-state index < -0.39 is 0 Å². The van der Waals surface area contributed by atoms with Gasteiger partial charge in [0.25, 0.3) is 0 Å². The number of hydrogen-bond donors (Lipinski definition) is 0. The van der Waals surface area contributed by atoms with Crippen LogP contribution in [0.1, 0.15) is 72.3 Å². The van der Waals surface area contributed by atoms with E-state index in [1.54, 1.807) is 7.11 Å². The quantitative estimate of drug-likeness (QED) is 0.603. The zero-order valence-corrected chi connectivity index (χ0v) is 16.4. The van der Waals surface area contributed by atoms with E-state index in [0.29, 0.717) is 19.0 Å². The Balaban J connectivity index is 3.03. The van der Waals surface area contributed by atoms with Gasteiger partial charge in [-0.1, -0.05) is 59.6 Å². The molecule has 3 nitrogen and oxygen atoms in total. The van der Waals surface area contributed by atoms with Gasteiger partial charge in [-0.2, -0.15) is 0 Å². The van der Waals surface area contributed by atoms with Crippen LogP contribution in [-0.4, -0.2) is 24.0 Å². The number of carbonyl (C=O) groups is 1. The van der Waals surface area contributed by atoms with E-state index in [-0.39, 0.29) is 11.3 Å². The van der Waals surface area contributed by atoms with Crippen LogP contribution in [0.3, 0.4) is 0 Å². The van der Waals surface area contributed by atoms with E-state index in [9.17, 15) is 4.79 Å². The normalized spacial score (nSPS) is 11.6. The molecule has 0 aliphatic rings. The van der Waals surface area contributed by atoms with Crippen LogP contribution >= 0.6 is 0 Å². The van der Waals surface area contributed by atoms with Crippen molar-refractivity contribution in [1.29, 1.82) is 0 Å². The maximum Gasteiger partial charge on any atom is 0.223 e. The van der Waals surface area contributed by atoms with Crippen molar-refractivity contribution in [1.82, 2.24) is 4.90 Å². The number of carbonyl (C=O) groups excluding carboxylic acids is 1. The molecule has 136 valence electrons. The predicted molar refractivity (Wildman–Crippen MR) is 101 cm³/mol. The van der Waals surface area contributed by atoms with E-state index in [1.165, 1.54) is 0 Å². The van der Waals surface area contributed by atoms with Crippen molar-refractivity contribution < 1.29 is 9.53 Å². The van der Waals surface area contributed by atoms with E-state index >= 15 is 0 Å². The number of hydrogen-bond acceptors (Lipinski definition) is 2. The molecule has 0 saturated carbocycles. The summed E-state index contributed by atoms with van der Waals surface area (Å²) in [5.41, 5.74) is 1.14. The third-order valence-electron chi connectivity index (χ3n) is 4.17. The van der Waals surface area contributed by atoms with E-state index in [1.807, 2.05) is 18.2 Å². The zero-order chi connectivity index (χ0) is 18.2. The average Bonchev–Trinajstić information content (AvgIpc) is 2.51. The Bertz CT molecular complexity index is 499. The van der Waals surface area contributed by atoms with Crippen LogP contribution in [0, 0.1) is 5.41 Å². The lowest BCUT2D eigenvalue weighted by Gasteiger charge is -2.34. The SMILES string of the molecule is CCCC(CCC)N(Cc1cccc(OC)c1)C(=O)CC(C)(C)C. The molecule has 0 spiro atoms. The van der Waals surface area contributed by atoms with Crippen molar-refractivity contribution in [3.63, 3.8) is 0 Å². The van der Waals surface area contributed by atoms with Crippen molar-refractivity contribution in [3.05, 3.63) is 29.8 Å². The minimum absolute atomic E-state index is 0.00664. The molecule has 0 aliphatic heterocycles. The fourth-order valence-electron chi connectivity index (χ4n) is 3.07. The predicted octanol–water partition coefficient (Wildman–Crippen LogP) is 5.43. The molecular weight excluding hydrogens is 298 g/mol. The van der Waals surface area contributed by atoms with Crippen molar-refractivity contribution in [3.8, 4) is 5.75 Å². The van der Waals surface area contributed by atoms with Gasteiger partial charge in [0, 0.05) is 19.0 Å². The highest BCUT2D eigenvalue weighted by Crippen LogP contribution is 2.25. The lowest BCUT2D eigenvalue weighted by atomic mass is 9.90. The van der Waals surface area contributed by atoms with E-state index in [4.69, 9.17) is 4.74 Å². The first-order valence-corrected chi connectivity index (χ1v) is 9.23. The summed E-state index contributed by atoms with van der Waals surface area (Å²) in [4.78, 5) is 15.1. The van der Waals surface area contributed by atoms with Gasteiger partial charge >= 0.3 is 0 Å². The fraction of sp³-hybridized carbons (Fsp3) is 0.667. The summed E-state index contributed by atoms with van der Waals surface area (Å²) in [6.45, 7) is 11.4. The van der Waals surface area contributed by atoms with Crippen molar-refractivity contribution in [2.75, 3.05) is 7.11 Å². The van der Waals surface area contributed by atoms with Gasteiger partial charge in [0.2, 0.25) is 5.91 Å². The Kier molecular flexibility index (Phi) is 8.30. The summed E-state index contributed by atoms with van der Waals surface area (Å²) in [6.07, 6.45) is 4.91. The second kappa shape index (κ2) is 9.71. The first-order valence-electron chi connectivity index (χ1n) is 9.23. The number of benzene rings is 1. The van der Waals surface area contributed by atoms with Crippen molar-refractivity contribution in [2.45, 2.75) is 79.3 Å². The number of rotatable bonds is 9. The van der Waals surface area contributed by atoms with Gasteiger partial charge in [-0.3, -0.25) is 4.79 Å². The molecule has 0 aromatic heterocycles. The lowest BCUT2D eigenvalue weighted by Crippen LogP contribution is -2.41. The molecule has 24 heavy (non-hydrogen) atoms. The number of ether oxygens (including phenoxy) is 1. The second-order valence-corrected chi connectivity index (χ2v) is 7.84. The molecule has 1 rings (SSSR count). The summed E-state index contributed by atoms with van der Waals surface area (Å²) in [5, 5.41) is 0. The van der Waals surface area contributed by atoms with Gasteiger partial charge in [0.05, 0.1) is 7.11 Å². The molecule has 1 aromatic rings. The number of nitrogens with zero attached hydrogens (tertiary/aromatic N) is 1. The highest BCUT2D eigenvalue weighted by molar-refractivity contribution is 5.77. The maximum absolute atomic E-state index is 13.0. The minimum atomic E-state index is 0.00664. The molecule has 0 saturated heterocycles. The van der Waals surface area contributed by atoms with E-state index in [2.05, 4.69) is 45.6 Å². The minimum Gasteiger partial charge on any atom is -0.497 e. The number of amides is 1. The molecule has 0 aliphatic carbocycles. The first-order chi connectivity index (χ1) is 11.3. The molecule has 0 fully saturated rings. The molecule has 0 radical (unpaired) electrons. The fourth-order valence-corrected chi connectivity index (χ4v) is 3.07. The highest BCUT2D eigenvalue weighted by atomic mass is 16.5. The van der Waals surface area contributed by atoms with Gasteiger partial charge in [0.15, 0.2) is 0 Å². The van der Waals surface area contributed by atoms with Gasteiger partial charge in [-0.25, -0.2) is 0 Å². The molecule has 0 bridgehead atoms. The molecule has 1 aromatic carbocycles. The van der Waals surface area contributed by atoms with Crippen LogP contribution in [-0.2, 0) is 11.3 Å². The summed E-state index contributed by atoms with van der Waals surface area (Å²) >= 11 is 0. The van der Waals surface area contributed by atoms with Crippen molar-refractivity contribution in [2.24, 2.45) is 5.41 Å². The lowest BCUT2D eigenvalue weighted by molar-refractivity contribution is -0.136. The molecule has 1 amide bonds. The maximum atomic E-state index is 13.0. The summed E-state index contributed by atoms with van der Waals surface area (Å²) in [6, 6.07) is 8.37. The van der Waals surface area contributed by atoms with Gasteiger partial charge in [-0.05, 0) is 36.0 Å². The zero-order valence-electron chi connectivity index (χ0n) is 16.4. The van der Waals surface area contributed by atoms with Gasteiger partial charge in [0.1, 0.15) is 5.75 Å². The highest BCUT2D eigenvalue weighted by Gasteiger charge is 2.26. The smallest absolute Gasteiger partial charge is 0.223 e. The van der Waals surface area contributed by atoms with Crippen LogP contribution < -0.4 is 4.74 Å². The van der Waals surface area contributed by atoms with E-state index in [0.717, 1.165) is 37.0 Å². The Morgan fingerprint density at radius 3 is 2.29 bits per heavy atom. The monoisotopic (exact) mass is 333 g/mol. The van der Waals surface area contributed by atoms with Crippen LogP contribution in [0.2, 0.25) is 0 Å². The topological polar surface area (TPSA) is 29.5 Å². The standard InChI is InChI=1S/C21H35NO2/c1-7-10-18(11-8-2)22(20(23)15-21(3,4)5)16-17-12-9-13-19(14-17)24-6/h9,12-14,18H,7-8,10-11,15-16H2,1-6H3. The van der Waals surface area contributed by atoms with Crippen LogP contribution in [0.15, 0.2) is 24.3 Å². The Hall–Kier alpha value is -1.51. The Morgan fingerprint density at radius 1 is 1.17 bits per heavy atom. The molecule has 0 atom stereocenters. The summed E-state index contributed by atoms with van der Waals surface area (Å²) < 4.78 is 5.33. The second-order valence-electron chi connectivity index (χ2n) is 7.84. The first kappa shape index (κ1) is 20.5. The third kappa shape index (κ3) is 6.94. The molecular formula is C21H35NO2. The Morgan fingerprint density at radius 2 is 1.79 bits per heavy atom. The van der Waals surface area contributed by atoms with Gasteiger partial charge < -0.3 is 9.64 Å². The number of methoxy groups -OCH3 is 1. The third-order valence-corrected chi connectivity index (χ3v) is 4.17. The van der Waals surface area contributed by atoms with Gasteiger partial charge in [-0.15, -0.1) is 0 Å². The van der Waals surface area contributed by atoms with Crippen LogP contribution in [0.25, 0.3) is 0 Å². The average molecular weight is 334 g/mol. The van der Waals surface area contributed by atoms with Crippen LogP contribution in [0.4, 0.5) is 0 Å². The molecule has 0 heterocycles. The molecule has 0 unspecified atom stereocenters. The van der Waals surface area contributed by atoms with Crippen LogP contribution in [0.5, 0.6) is 5.75 Å². The van der Waals surface area contributed by atoms with Crippen molar-refractivity contribution >= 4 is 5.91 Å². The Labute approximate surface area is 148 Å². The summed E-state index contributed by atoms with van der Waals surface area (Å²) in [7, 11) is 1.68.